The molecular weight excluding hydrogens is 312 g/mol. The van der Waals surface area contributed by atoms with E-state index in [0.29, 0.717) is 12.6 Å². The lowest BCUT2D eigenvalue weighted by Crippen LogP contribution is -2.40. The van der Waals surface area contributed by atoms with Gasteiger partial charge >= 0.3 is 0 Å². The molecule has 132 valence electrons. The van der Waals surface area contributed by atoms with Gasteiger partial charge in [-0.3, -0.25) is 4.79 Å². The van der Waals surface area contributed by atoms with Crippen molar-refractivity contribution in [2.45, 2.75) is 38.4 Å². The Balaban J connectivity index is 1.77. The topological polar surface area (TPSA) is 55.6 Å². The molecule has 1 saturated carbocycles. The third-order valence-corrected chi connectivity index (χ3v) is 4.92. The number of carbonyl (C=O) groups excluding carboxylic acids is 1. The number of benzene rings is 2. The molecule has 4 nitrogen and oxygen atoms in total. The summed E-state index contributed by atoms with van der Waals surface area (Å²) < 4.78 is 5.44. The number of rotatable bonds is 7. The van der Waals surface area contributed by atoms with Crippen molar-refractivity contribution >= 4 is 5.91 Å². The van der Waals surface area contributed by atoms with Gasteiger partial charge in [0.1, 0.15) is 5.75 Å². The zero-order valence-electron chi connectivity index (χ0n) is 14.9. The molecule has 0 bridgehead atoms. The summed E-state index contributed by atoms with van der Waals surface area (Å²) in [5, 5.41) is 0. The molecular formula is C21H26N2O2. The van der Waals surface area contributed by atoms with Crippen molar-refractivity contribution in [3.63, 3.8) is 0 Å². The van der Waals surface area contributed by atoms with Crippen LogP contribution in [0.4, 0.5) is 0 Å². The predicted molar refractivity (Wildman–Crippen MR) is 99.1 cm³/mol. The lowest BCUT2D eigenvalue weighted by molar-refractivity contribution is -0.137. The Labute approximate surface area is 149 Å². The molecule has 2 N–H and O–H groups in total. The minimum absolute atomic E-state index is 0.116. The molecule has 0 radical (unpaired) electrons. The first-order chi connectivity index (χ1) is 12.1. The van der Waals surface area contributed by atoms with Gasteiger partial charge in [-0.1, -0.05) is 55.5 Å². The van der Waals surface area contributed by atoms with Gasteiger partial charge in [0, 0.05) is 24.2 Å². The Morgan fingerprint density at radius 3 is 2.44 bits per heavy atom. The molecule has 0 spiro atoms. The third kappa shape index (κ3) is 4.02. The van der Waals surface area contributed by atoms with Crippen molar-refractivity contribution in [3.8, 4) is 5.75 Å². The molecule has 1 fully saturated rings. The van der Waals surface area contributed by atoms with E-state index in [2.05, 4.69) is 0 Å². The first kappa shape index (κ1) is 17.5. The first-order valence-corrected chi connectivity index (χ1v) is 8.84. The number of nitrogens with zero attached hydrogens (tertiary/aromatic N) is 1. The maximum atomic E-state index is 13.1. The number of para-hydroxylation sites is 1. The summed E-state index contributed by atoms with van der Waals surface area (Å²) in [7, 11) is 1.66. The summed E-state index contributed by atoms with van der Waals surface area (Å²) in [5.41, 5.74) is 8.40. The zero-order valence-corrected chi connectivity index (χ0v) is 14.9. The molecule has 2 aromatic carbocycles. The molecule has 2 atom stereocenters. The van der Waals surface area contributed by atoms with Crippen molar-refractivity contribution in [2.75, 3.05) is 7.11 Å². The highest BCUT2D eigenvalue weighted by atomic mass is 16.5. The quantitative estimate of drug-likeness (QED) is 0.840. The van der Waals surface area contributed by atoms with Crippen LogP contribution in [-0.4, -0.2) is 24.0 Å². The Bertz CT molecular complexity index is 713. The normalized spacial score (nSPS) is 16.1. The molecule has 0 aromatic heterocycles. The number of ether oxygens (including phenoxy) is 1. The number of methoxy groups -OCH3 is 1. The summed E-state index contributed by atoms with van der Waals surface area (Å²) in [6, 6.07) is 17.7. The van der Waals surface area contributed by atoms with E-state index in [4.69, 9.17) is 10.5 Å². The maximum absolute atomic E-state index is 13.1. The molecule has 25 heavy (non-hydrogen) atoms. The minimum atomic E-state index is -0.299. The summed E-state index contributed by atoms with van der Waals surface area (Å²) in [6.45, 7) is 2.50. The summed E-state index contributed by atoms with van der Waals surface area (Å²) in [4.78, 5) is 15.1. The molecule has 1 amide bonds. The smallest absolute Gasteiger partial charge is 0.227 e. The standard InChI is InChI=1S/C21H26N2O2/c1-15(20(22)16-8-4-3-5-9-16)21(24)23(18-12-13-18)14-17-10-6-7-11-19(17)25-2/h3-11,15,18,20H,12-14,22H2,1-2H3. The van der Waals surface area contributed by atoms with Crippen LogP contribution in [0, 0.1) is 5.92 Å². The second-order valence-electron chi connectivity index (χ2n) is 6.73. The second kappa shape index (κ2) is 7.70. The van der Waals surface area contributed by atoms with E-state index in [1.807, 2.05) is 66.4 Å². The molecule has 2 unspecified atom stereocenters. The van der Waals surface area contributed by atoms with Gasteiger partial charge in [-0.25, -0.2) is 0 Å². The van der Waals surface area contributed by atoms with Crippen LogP contribution in [0.3, 0.4) is 0 Å². The van der Waals surface area contributed by atoms with Gasteiger partial charge in [-0.05, 0) is 24.5 Å². The van der Waals surface area contributed by atoms with Gasteiger partial charge in [0.05, 0.1) is 13.0 Å². The fraction of sp³-hybridized carbons (Fsp3) is 0.381. The molecule has 1 aliphatic rings. The van der Waals surface area contributed by atoms with Gasteiger partial charge in [0.2, 0.25) is 5.91 Å². The number of hydrogen-bond donors (Lipinski definition) is 1. The maximum Gasteiger partial charge on any atom is 0.227 e. The fourth-order valence-corrected chi connectivity index (χ4v) is 3.17. The third-order valence-electron chi connectivity index (χ3n) is 4.92. The van der Waals surface area contributed by atoms with Crippen LogP contribution in [0.15, 0.2) is 54.6 Å². The van der Waals surface area contributed by atoms with E-state index in [9.17, 15) is 4.79 Å². The molecule has 3 rings (SSSR count). The van der Waals surface area contributed by atoms with E-state index in [0.717, 1.165) is 29.7 Å². The van der Waals surface area contributed by atoms with Gasteiger partial charge in [-0.15, -0.1) is 0 Å². The minimum Gasteiger partial charge on any atom is -0.496 e. The Hall–Kier alpha value is -2.33. The van der Waals surface area contributed by atoms with E-state index in [1.165, 1.54) is 0 Å². The van der Waals surface area contributed by atoms with Crippen molar-refractivity contribution in [1.29, 1.82) is 0 Å². The van der Waals surface area contributed by atoms with Crippen LogP contribution in [-0.2, 0) is 11.3 Å². The van der Waals surface area contributed by atoms with Gasteiger partial charge in [0.25, 0.3) is 0 Å². The van der Waals surface area contributed by atoms with Crippen LogP contribution in [0.5, 0.6) is 5.75 Å². The van der Waals surface area contributed by atoms with Crippen LogP contribution in [0.1, 0.15) is 36.9 Å². The highest BCUT2D eigenvalue weighted by Gasteiger charge is 2.36. The van der Waals surface area contributed by atoms with Crippen LogP contribution in [0.25, 0.3) is 0 Å². The zero-order chi connectivity index (χ0) is 17.8. The summed E-state index contributed by atoms with van der Waals surface area (Å²) in [5.74, 6) is 0.670. The first-order valence-electron chi connectivity index (χ1n) is 8.84. The predicted octanol–water partition coefficient (Wildman–Crippen LogP) is 3.52. The highest BCUT2D eigenvalue weighted by molar-refractivity contribution is 5.80. The largest absolute Gasteiger partial charge is 0.496 e. The van der Waals surface area contributed by atoms with Gasteiger partial charge < -0.3 is 15.4 Å². The average Bonchev–Trinajstić information content (AvgIpc) is 3.50. The fourth-order valence-electron chi connectivity index (χ4n) is 3.17. The molecule has 1 aliphatic carbocycles. The number of hydrogen-bond acceptors (Lipinski definition) is 3. The SMILES string of the molecule is COc1ccccc1CN(C(=O)C(C)C(N)c1ccccc1)C1CC1. The number of amides is 1. The van der Waals surface area contributed by atoms with Crippen LogP contribution >= 0.6 is 0 Å². The van der Waals surface area contributed by atoms with Crippen molar-refractivity contribution in [3.05, 3.63) is 65.7 Å². The van der Waals surface area contributed by atoms with E-state index < -0.39 is 0 Å². The van der Waals surface area contributed by atoms with Crippen molar-refractivity contribution < 1.29 is 9.53 Å². The lowest BCUT2D eigenvalue weighted by Gasteiger charge is -2.29. The average molecular weight is 338 g/mol. The molecule has 0 saturated heterocycles. The van der Waals surface area contributed by atoms with Crippen LogP contribution in [0.2, 0.25) is 0 Å². The van der Waals surface area contributed by atoms with E-state index >= 15 is 0 Å². The van der Waals surface area contributed by atoms with E-state index in [1.54, 1.807) is 7.11 Å². The number of carbonyl (C=O) groups is 1. The Morgan fingerprint density at radius 2 is 1.80 bits per heavy atom. The number of nitrogens with two attached hydrogens (primary N) is 1. The monoisotopic (exact) mass is 338 g/mol. The van der Waals surface area contributed by atoms with Crippen molar-refractivity contribution in [1.82, 2.24) is 4.90 Å². The molecule has 2 aromatic rings. The molecule has 0 aliphatic heterocycles. The van der Waals surface area contributed by atoms with Gasteiger partial charge in [-0.2, -0.15) is 0 Å². The van der Waals surface area contributed by atoms with Crippen molar-refractivity contribution in [2.24, 2.45) is 11.7 Å². The highest BCUT2D eigenvalue weighted by Crippen LogP contribution is 2.33. The van der Waals surface area contributed by atoms with Crippen LogP contribution < -0.4 is 10.5 Å². The summed E-state index contributed by atoms with van der Waals surface area (Å²) >= 11 is 0. The Kier molecular flexibility index (Phi) is 5.39. The summed E-state index contributed by atoms with van der Waals surface area (Å²) in [6.07, 6.45) is 2.13. The molecule has 4 heteroatoms. The van der Waals surface area contributed by atoms with Gasteiger partial charge in [0.15, 0.2) is 0 Å². The van der Waals surface area contributed by atoms with E-state index in [-0.39, 0.29) is 17.9 Å². The second-order valence-corrected chi connectivity index (χ2v) is 6.73. The molecule has 0 heterocycles. The lowest BCUT2D eigenvalue weighted by atomic mass is 9.94. The Morgan fingerprint density at radius 1 is 1.16 bits per heavy atom.